The lowest BCUT2D eigenvalue weighted by atomic mass is 9.90. The molecule has 9 atom stereocenters. The smallest absolute Gasteiger partial charge is 0.303 e. The summed E-state index contributed by atoms with van der Waals surface area (Å²) in [6, 6.07) is 5.70. The lowest BCUT2D eigenvalue weighted by Crippen LogP contribution is -2.62. The summed E-state index contributed by atoms with van der Waals surface area (Å²) in [6.07, 6.45) is -11.7. The van der Waals surface area contributed by atoms with E-state index in [-0.39, 0.29) is 18.8 Å². The van der Waals surface area contributed by atoms with Gasteiger partial charge in [-0.15, -0.1) is 0 Å². The number of phenolic OH excluding ortho intramolecular Hbond substituents is 1. The van der Waals surface area contributed by atoms with E-state index in [0.717, 1.165) is 20.8 Å². The van der Waals surface area contributed by atoms with Crippen molar-refractivity contribution in [2.45, 2.75) is 96.2 Å². The number of rotatable bonds is 10. The molecular formula is C28H36O15. The van der Waals surface area contributed by atoms with Gasteiger partial charge in [0.15, 0.2) is 18.5 Å². The molecule has 2 aliphatic heterocycles. The Labute approximate surface area is 247 Å². The highest BCUT2D eigenvalue weighted by molar-refractivity contribution is 5.68. The van der Waals surface area contributed by atoms with E-state index in [9.17, 15) is 34.2 Å². The average molecular weight is 613 g/mol. The minimum absolute atomic E-state index is 0.0421. The molecule has 0 spiro atoms. The maximum atomic E-state index is 12.2. The van der Waals surface area contributed by atoms with Crippen LogP contribution in [0.5, 0.6) is 5.75 Å². The third-order valence-corrected chi connectivity index (χ3v) is 6.47. The highest BCUT2D eigenvalue weighted by Gasteiger charge is 2.53. The van der Waals surface area contributed by atoms with Gasteiger partial charge in [0.25, 0.3) is 0 Å². The van der Waals surface area contributed by atoms with Crippen LogP contribution in [0.4, 0.5) is 0 Å². The SMILES string of the molecule is CC(=O)OCC1CC(OC(C)=O)C(OC(C)=O)C(OC2C(O)C(c3ccc(O)cc3)OC(COC(C)=O)C2OC(C)=O)O1. The zero-order valence-electron chi connectivity index (χ0n) is 24.3. The van der Waals surface area contributed by atoms with E-state index in [1.165, 1.54) is 38.1 Å². The number of aromatic hydroxyl groups is 1. The van der Waals surface area contributed by atoms with Crippen molar-refractivity contribution in [3.8, 4) is 5.75 Å². The molecule has 0 aromatic heterocycles. The lowest BCUT2D eigenvalue weighted by molar-refractivity contribution is -0.330. The number of aliphatic hydroxyl groups is 1. The fourth-order valence-electron chi connectivity index (χ4n) is 4.81. The van der Waals surface area contributed by atoms with Crippen LogP contribution in [0.1, 0.15) is 52.7 Å². The minimum Gasteiger partial charge on any atom is -0.508 e. The Morgan fingerprint density at radius 1 is 0.744 bits per heavy atom. The monoisotopic (exact) mass is 612 g/mol. The molecule has 9 unspecified atom stereocenters. The largest absolute Gasteiger partial charge is 0.508 e. The van der Waals surface area contributed by atoms with Crippen molar-refractivity contribution in [3.63, 3.8) is 0 Å². The van der Waals surface area contributed by atoms with Crippen molar-refractivity contribution in [2.24, 2.45) is 0 Å². The molecule has 238 valence electrons. The zero-order valence-corrected chi connectivity index (χ0v) is 24.3. The molecule has 43 heavy (non-hydrogen) atoms. The van der Waals surface area contributed by atoms with Crippen LogP contribution < -0.4 is 0 Å². The normalized spacial score (nSPS) is 30.4. The van der Waals surface area contributed by atoms with E-state index in [4.69, 9.17) is 37.9 Å². The van der Waals surface area contributed by atoms with E-state index in [1.54, 1.807) is 0 Å². The summed E-state index contributed by atoms with van der Waals surface area (Å²) in [5, 5.41) is 21.3. The number of carbonyl (C=O) groups excluding carboxylic acids is 5. The molecular weight excluding hydrogens is 576 g/mol. The predicted octanol–water partition coefficient (Wildman–Crippen LogP) is 0.615. The van der Waals surface area contributed by atoms with E-state index >= 15 is 0 Å². The Kier molecular flexibility index (Phi) is 11.8. The summed E-state index contributed by atoms with van der Waals surface area (Å²) in [6.45, 7) is 5.07. The van der Waals surface area contributed by atoms with Gasteiger partial charge in [-0.3, -0.25) is 24.0 Å². The van der Waals surface area contributed by atoms with Gasteiger partial charge in [0, 0.05) is 41.0 Å². The average Bonchev–Trinajstić information content (AvgIpc) is 2.90. The molecule has 15 nitrogen and oxygen atoms in total. The van der Waals surface area contributed by atoms with Crippen molar-refractivity contribution in [2.75, 3.05) is 13.2 Å². The number of benzene rings is 1. The standard InChI is InChI=1S/C28H36O15/c1-13(29)36-11-20-10-21(38-15(3)31)26(40-17(5)33)28(41-20)43-27-23(35)24(18-6-8-19(34)9-7-18)42-22(12-37-14(2)30)25(27)39-16(4)32/h6-9,20-28,34-35H,10-12H2,1-5H3. The van der Waals surface area contributed by atoms with E-state index in [1.807, 2.05) is 0 Å². The van der Waals surface area contributed by atoms with Crippen LogP contribution in [0.2, 0.25) is 0 Å². The van der Waals surface area contributed by atoms with Gasteiger partial charge in [-0.05, 0) is 17.7 Å². The molecule has 1 aromatic carbocycles. The van der Waals surface area contributed by atoms with Crippen LogP contribution in [0.3, 0.4) is 0 Å². The van der Waals surface area contributed by atoms with Crippen LogP contribution in [0.15, 0.2) is 24.3 Å². The summed E-state index contributed by atoms with van der Waals surface area (Å²) in [5.74, 6) is -3.56. The molecule has 15 heteroatoms. The lowest BCUT2D eigenvalue weighted by Gasteiger charge is -2.47. The third kappa shape index (κ3) is 9.61. The maximum absolute atomic E-state index is 12.2. The zero-order chi connectivity index (χ0) is 31.8. The van der Waals surface area contributed by atoms with Gasteiger partial charge >= 0.3 is 29.8 Å². The topological polar surface area (TPSA) is 200 Å². The first-order valence-corrected chi connectivity index (χ1v) is 13.5. The van der Waals surface area contributed by atoms with Gasteiger partial charge in [-0.2, -0.15) is 0 Å². The van der Waals surface area contributed by atoms with Crippen LogP contribution >= 0.6 is 0 Å². The Bertz CT molecular complexity index is 1150. The molecule has 0 radical (unpaired) electrons. The van der Waals surface area contributed by atoms with Gasteiger partial charge in [-0.25, -0.2) is 0 Å². The molecule has 2 heterocycles. The first-order chi connectivity index (χ1) is 20.2. The first kappa shape index (κ1) is 33.7. The van der Waals surface area contributed by atoms with E-state index in [2.05, 4.69) is 0 Å². The molecule has 0 amide bonds. The minimum atomic E-state index is -1.58. The molecule has 2 fully saturated rings. The van der Waals surface area contributed by atoms with Gasteiger partial charge in [-0.1, -0.05) is 12.1 Å². The molecule has 3 rings (SSSR count). The Hall–Kier alpha value is -3.79. The van der Waals surface area contributed by atoms with Gasteiger partial charge in [0.2, 0.25) is 0 Å². The van der Waals surface area contributed by atoms with Crippen LogP contribution in [0.25, 0.3) is 0 Å². The molecule has 2 saturated heterocycles. The van der Waals surface area contributed by atoms with Gasteiger partial charge < -0.3 is 48.1 Å². The van der Waals surface area contributed by atoms with Gasteiger partial charge in [0.05, 0.1) is 6.10 Å². The number of phenols is 1. The van der Waals surface area contributed by atoms with Crippen LogP contribution in [0, 0.1) is 0 Å². The van der Waals surface area contributed by atoms with E-state index in [0.29, 0.717) is 5.56 Å². The van der Waals surface area contributed by atoms with E-state index < -0.39 is 91.6 Å². The molecule has 0 saturated carbocycles. The number of aliphatic hydroxyl groups excluding tert-OH is 1. The van der Waals surface area contributed by atoms with Crippen molar-refractivity contribution in [1.29, 1.82) is 0 Å². The predicted molar refractivity (Wildman–Crippen MR) is 140 cm³/mol. The van der Waals surface area contributed by atoms with Crippen LogP contribution in [-0.2, 0) is 61.9 Å². The molecule has 2 N–H and O–H groups in total. The fourth-order valence-corrected chi connectivity index (χ4v) is 4.81. The summed E-state index contributed by atoms with van der Waals surface area (Å²) in [5.41, 5.74) is 0.389. The summed E-state index contributed by atoms with van der Waals surface area (Å²) in [4.78, 5) is 59.3. The quantitative estimate of drug-likeness (QED) is 0.275. The number of hydrogen-bond donors (Lipinski definition) is 2. The van der Waals surface area contributed by atoms with Crippen molar-refractivity contribution < 1.29 is 72.1 Å². The maximum Gasteiger partial charge on any atom is 0.303 e. The summed E-state index contributed by atoms with van der Waals surface area (Å²) in [7, 11) is 0. The number of ether oxygens (including phenoxy) is 8. The second-order valence-electron chi connectivity index (χ2n) is 10.0. The number of carbonyl (C=O) groups is 5. The van der Waals surface area contributed by atoms with Crippen molar-refractivity contribution >= 4 is 29.8 Å². The summed E-state index contributed by atoms with van der Waals surface area (Å²) < 4.78 is 44.7. The number of esters is 5. The van der Waals surface area contributed by atoms with Crippen LogP contribution in [-0.4, -0.2) is 102 Å². The van der Waals surface area contributed by atoms with Gasteiger partial charge in [0.1, 0.15) is 49.5 Å². The highest BCUT2D eigenvalue weighted by atomic mass is 16.7. The fraction of sp³-hybridized carbons (Fsp3) is 0.607. The molecule has 0 bridgehead atoms. The second kappa shape index (κ2) is 15.1. The highest BCUT2D eigenvalue weighted by Crippen LogP contribution is 2.38. The third-order valence-electron chi connectivity index (χ3n) is 6.47. The first-order valence-electron chi connectivity index (χ1n) is 13.5. The summed E-state index contributed by atoms with van der Waals surface area (Å²) >= 11 is 0. The van der Waals surface area contributed by atoms with Crippen molar-refractivity contribution in [1.82, 2.24) is 0 Å². The molecule has 0 aliphatic carbocycles. The Morgan fingerprint density at radius 2 is 1.30 bits per heavy atom. The Balaban J connectivity index is 2.04. The molecule has 2 aliphatic rings. The number of hydrogen-bond acceptors (Lipinski definition) is 15. The molecule has 1 aromatic rings. The Morgan fingerprint density at radius 3 is 1.86 bits per heavy atom. The second-order valence-corrected chi connectivity index (χ2v) is 10.0. The van der Waals surface area contributed by atoms with Crippen molar-refractivity contribution in [3.05, 3.63) is 29.8 Å².